The van der Waals surface area contributed by atoms with Crippen LogP contribution in [0.2, 0.25) is 0 Å². The molecule has 1 heterocycles. The molecule has 0 radical (unpaired) electrons. The Labute approximate surface area is 134 Å². The summed E-state index contributed by atoms with van der Waals surface area (Å²) < 4.78 is 2.32. The van der Waals surface area contributed by atoms with Crippen molar-refractivity contribution < 1.29 is 4.57 Å². The van der Waals surface area contributed by atoms with Crippen molar-refractivity contribution in [1.82, 2.24) is 0 Å². The first-order valence-corrected chi connectivity index (χ1v) is 8.00. The number of benzene rings is 1. The summed E-state index contributed by atoms with van der Waals surface area (Å²) in [5.41, 5.74) is 3.70. The maximum Gasteiger partial charge on any atom is 0.205 e. The zero-order valence-electron chi connectivity index (χ0n) is 14.2. The number of hydrogen-bond acceptors (Lipinski definition) is 1. The van der Waals surface area contributed by atoms with Crippen LogP contribution < -0.4 is 9.47 Å². The lowest BCUT2D eigenvalue weighted by atomic mass is 10.1. The molecule has 0 unspecified atom stereocenters. The van der Waals surface area contributed by atoms with Crippen LogP contribution in [0.5, 0.6) is 0 Å². The molecule has 0 fully saturated rings. The second-order valence-corrected chi connectivity index (χ2v) is 6.32. The number of anilines is 1. The molecule has 0 atom stereocenters. The van der Waals surface area contributed by atoms with Crippen LogP contribution in [-0.2, 0) is 6.54 Å². The Hall–Kier alpha value is -2.09. The largest absolute Gasteiger partial charge is 0.378 e. The van der Waals surface area contributed by atoms with Crippen LogP contribution in [0.25, 0.3) is 12.2 Å². The third kappa shape index (κ3) is 4.73. The molecule has 2 heteroatoms. The van der Waals surface area contributed by atoms with Gasteiger partial charge in [0.05, 0.1) is 0 Å². The normalized spacial score (nSPS) is 11.3. The summed E-state index contributed by atoms with van der Waals surface area (Å²) in [5, 5.41) is 0. The number of rotatable bonds is 6. The molecule has 0 saturated heterocycles. The Morgan fingerprint density at radius 2 is 1.73 bits per heavy atom. The second-order valence-electron chi connectivity index (χ2n) is 6.32. The summed E-state index contributed by atoms with van der Waals surface area (Å²) >= 11 is 0. The molecule has 2 rings (SSSR count). The first-order chi connectivity index (χ1) is 10.6. The predicted octanol–water partition coefficient (Wildman–Crippen LogP) is 4.26. The van der Waals surface area contributed by atoms with E-state index in [9.17, 15) is 0 Å². The Morgan fingerprint density at radius 3 is 2.36 bits per heavy atom. The van der Waals surface area contributed by atoms with Crippen molar-refractivity contribution in [3.8, 4) is 0 Å². The van der Waals surface area contributed by atoms with Gasteiger partial charge in [-0.1, -0.05) is 26.0 Å². The molecule has 22 heavy (non-hydrogen) atoms. The maximum atomic E-state index is 2.32. The molecule has 2 aromatic rings. The molecule has 2 nitrogen and oxygen atoms in total. The van der Waals surface area contributed by atoms with Crippen LogP contribution in [0.15, 0.2) is 48.7 Å². The molecule has 0 aliphatic heterocycles. The van der Waals surface area contributed by atoms with Crippen LogP contribution in [0.1, 0.15) is 31.5 Å². The van der Waals surface area contributed by atoms with Crippen LogP contribution in [0.3, 0.4) is 0 Å². The standard InChI is InChI=1S/C20H27N2/c1-17(2)14-16-22-15-6-5-7-20(22)13-10-18-8-11-19(12-9-18)21(3)4/h5-13,15,17H,14,16H2,1-4H3/q+1. The van der Waals surface area contributed by atoms with Gasteiger partial charge in [-0.2, -0.15) is 4.57 Å². The van der Waals surface area contributed by atoms with Gasteiger partial charge in [-0.15, -0.1) is 0 Å². The van der Waals surface area contributed by atoms with E-state index in [1.54, 1.807) is 0 Å². The van der Waals surface area contributed by atoms with Crippen molar-refractivity contribution in [3.63, 3.8) is 0 Å². The lowest BCUT2D eigenvalue weighted by Gasteiger charge is -2.11. The Kier molecular flexibility index (Phi) is 5.76. The number of aromatic nitrogens is 1. The SMILES string of the molecule is CC(C)CC[n+]1ccccc1/C=C/c1ccc(N(C)C)cc1. The zero-order valence-corrected chi connectivity index (χ0v) is 14.2. The lowest BCUT2D eigenvalue weighted by Crippen LogP contribution is -2.36. The summed E-state index contributed by atoms with van der Waals surface area (Å²) in [7, 11) is 4.12. The van der Waals surface area contributed by atoms with E-state index in [1.165, 1.54) is 23.4 Å². The fraction of sp³-hybridized carbons (Fsp3) is 0.350. The highest BCUT2D eigenvalue weighted by Crippen LogP contribution is 2.14. The third-order valence-corrected chi connectivity index (χ3v) is 3.78. The van der Waals surface area contributed by atoms with Gasteiger partial charge in [-0.3, -0.25) is 0 Å². The number of nitrogens with zero attached hydrogens (tertiary/aromatic N) is 2. The van der Waals surface area contributed by atoms with E-state index < -0.39 is 0 Å². The second kappa shape index (κ2) is 7.79. The number of aryl methyl sites for hydroxylation is 1. The van der Waals surface area contributed by atoms with Gasteiger partial charge in [0.15, 0.2) is 6.20 Å². The van der Waals surface area contributed by atoms with Crippen molar-refractivity contribution in [3.05, 3.63) is 59.9 Å². The van der Waals surface area contributed by atoms with Gasteiger partial charge in [0.1, 0.15) is 6.54 Å². The minimum Gasteiger partial charge on any atom is -0.378 e. The number of pyridine rings is 1. The average molecular weight is 295 g/mol. The Bertz CT molecular complexity index is 610. The number of hydrogen-bond donors (Lipinski definition) is 0. The zero-order chi connectivity index (χ0) is 15.9. The Morgan fingerprint density at radius 1 is 1.00 bits per heavy atom. The van der Waals surface area contributed by atoms with Gasteiger partial charge in [-0.25, -0.2) is 0 Å². The molecule has 0 aliphatic carbocycles. The first-order valence-electron chi connectivity index (χ1n) is 8.00. The van der Waals surface area contributed by atoms with Crippen molar-refractivity contribution in [2.45, 2.75) is 26.8 Å². The van der Waals surface area contributed by atoms with Gasteiger partial charge < -0.3 is 4.90 Å². The summed E-state index contributed by atoms with van der Waals surface area (Å²) in [6.07, 6.45) is 7.75. The molecule has 0 aliphatic rings. The van der Waals surface area contributed by atoms with E-state index in [2.05, 4.69) is 98.2 Å². The fourth-order valence-electron chi connectivity index (χ4n) is 2.31. The maximum absolute atomic E-state index is 2.32. The van der Waals surface area contributed by atoms with E-state index in [4.69, 9.17) is 0 Å². The minimum absolute atomic E-state index is 0.725. The average Bonchev–Trinajstić information content (AvgIpc) is 2.52. The molecule has 116 valence electrons. The quantitative estimate of drug-likeness (QED) is 0.722. The van der Waals surface area contributed by atoms with Gasteiger partial charge >= 0.3 is 0 Å². The highest BCUT2D eigenvalue weighted by Gasteiger charge is 2.07. The molecular weight excluding hydrogens is 268 g/mol. The summed E-state index contributed by atoms with van der Waals surface area (Å²) in [6.45, 7) is 5.61. The highest BCUT2D eigenvalue weighted by molar-refractivity contribution is 5.68. The fourth-order valence-corrected chi connectivity index (χ4v) is 2.31. The van der Waals surface area contributed by atoms with Crippen molar-refractivity contribution in [1.29, 1.82) is 0 Å². The van der Waals surface area contributed by atoms with Crippen LogP contribution >= 0.6 is 0 Å². The van der Waals surface area contributed by atoms with E-state index in [-0.39, 0.29) is 0 Å². The Balaban J connectivity index is 2.12. The lowest BCUT2D eigenvalue weighted by molar-refractivity contribution is -0.699. The molecule has 0 N–H and O–H groups in total. The van der Waals surface area contributed by atoms with Crippen molar-refractivity contribution >= 4 is 17.8 Å². The van der Waals surface area contributed by atoms with Crippen LogP contribution in [0.4, 0.5) is 5.69 Å². The van der Waals surface area contributed by atoms with Crippen LogP contribution in [0, 0.1) is 5.92 Å². The highest BCUT2D eigenvalue weighted by atomic mass is 15.1. The summed E-state index contributed by atoms with van der Waals surface area (Å²) in [5.74, 6) is 0.725. The van der Waals surface area contributed by atoms with E-state index >= 15 is 0 Å². The third-order valence-electron chi connectivity index (χ3n) is 3.78. The van der Waals surface area contributed by atoms with Gasteiger partial charge in [0.25, 0.3) is 0 Å². The monoisotopic (exact) mass is 295 g/mol. The molecule has 0 bridgehead atoms. The molecule has 1 aromatic heterocycles. The van der Waals surface area contributed by atoms with Crippen LogP contribution in [-0.4, -0.2) is 14.1 Å². The van der Waals surface area contributed by atoms with Crippen molar-refractivity contribution in [2.24, 2.45) is 5.92 Å². The van der Waals surface area contributed by atoms with Gasteiger partial charge in [-0.05, 0) is 35.8 Å². The van der Waals surface area contributed by atoms with Gasteiger partial charge in [0, 0.05) is 44.4 Å². The topological polar surface area (TPSA) is 7.12 Å². The predicted molar refractivity (Wildman–Crippen MR) is 95.8 cm³/mol. The smallest absolute Gasteiger partial charge is 0.205 e. The van der Waals surface area contributed by atoms with E-state index in [1.807, 2.05) is 0 Å². The minimum atomic E-state index is 0.725. The molecule has 0 saturated carbocycles. The molecule has 1 aromatic carbocycles. The summed E-state index contributed by atoms with van der Waals surface area (Å²) in [4.78, 5) is 2.12. The van der Waals surface area contributed by atoms with Crippen molar-refractivity contribution in [2.75, 3.05) is 19.0 Å². The van der Waals surface area contributed by atoms with Gasteiger partial charge in [0.2, 0.25) is 5.69 Å². The van der Waals surface area contributed by atoms with E-state index in [0.717, 1.165) is 12.5 Å². The molecular formula is C20H27N2+. The molecule has 0 amide bonds. The summed E-state index contributed by atoms with van der Waals surface area (Å²) in [6, 6.07) is 15.0. The van der Waals surface area contributed by atoms with E-state index in [0.29, 0.717) is 0 Å². The molecule has 0 spiro atoms. The first kappa shape index (κ1) is 16.3.